The molecule has 3 rings (SSSR count). The molecule has 2 N–H and O–H groups in total. The van der Waals surface area contributed by atoms with Crippen LogP contribution in [0.25, 0.3) is 0 Å². The van der Waals surface area contributed by atoms with Gasteiger partial charge < -0.3 is 10.6 Å². The summed E-state index contributed by atoms with van der Waals surface area (Å²) < 4.78 is 29.4. The lowest BCUT2D eigenvalue weighted by atomic mass is 10.1. The number of aromatic nitrogens is 4. The number of nitrogens with one attached hydrogen (secondary N) is 2. The van der Waals surface area contributed by atoms with E-state index < -0.39 is 17.7 Å². The normalized spacial score (nSPS) is 12.0. The number of rotatable bonds is 5. The van der Waals surface area contributed by atoms with Crippen LogP contribution in [0.1, 0.15) is 18.5 Å². The summed E-state index contributed by atoms with van der Waals surface area (Å²) >= 11 is 6.10. The molecule has 1 atom stereocenters. The first kappa shape index (κ1) is 17.1. The molecule has 0 fully saturated rings. The molecule has 0 aliphatic rings. The highest BCUT2D eigenvalue weighted by molar-refractivity contribution is 6.32. The Morgan fingerprint density at radius 1 is 1.20 bits per heavy atom. The number of anilines is 3. The topological polar surface area (TPSA) is 67.7 Å². The van der Waals surface area contributed by atoms with Crippen molar-refractivity contribution in [1.29, 1.82) is 0 Å². The van der Waals surface area contributed by atoms with Crippen LogP contribution in [0, 0.1) is 11.6 Å². The molecule has 9 heteroatoms. The van der Waals surface area contributed by atoms with Crippen molar-refractivity contribution >= 4 is 29.1 Å². The quantitative estimate of drug-likeness (QED) is 0.714. The molecular formula is C16H15ClF2N6. The molecule has 1 unspecified atom stereocenters. The molecule has 130 valence electrons. The zero-order chi connectivity index (χ0) is 18.0. The van der Waals surface area contributed by atoms with Crippen LogP contribution < -0.4 is 10.6 Å². The number of halogens is 3. The van der Waals surface area contributed by atoms with Crippen LogP contribution in [0.15, 0.2) is 36.8 Å². The van der Waals surface area contributed by atoms with Crippen LogP contribution in [0.4, 0.5) is 26.2 Å². The fourth-order valence-corrected chi connectivity index (χ4v) is 2.49. The van der Waals surface area contributed by atoms with Gasteiger partial charge in [-0.15, -0.1) is 0 Å². The van der Waals surface area contributed by atoms with Gasteiger partial charge in [-0.25, -0.2) is 13.8 Å². The van der Waals surface area contributed by atoms with Crippen LogP contribution in [-0.2, 0) is 7.05 Å². The number of nitrogens with zero attached hydrogens (tertiary/aromatic N) is 4. The molecule has 0 aliphatic heterocycles. The predicted molar refractivity (Wildman–Crippen MR) is 91.9 cm³/mol. The van der Waals surface area contributed by atoms with Gasteiger partial charge in [-0.2, -0.15) is 10.1 Å². The third-order valence-electron chi connectivity index (χ3n) is 3.49. The van der Waals surface area contributed by atoms with Crippen molar-refractivity contribution in [3.63, 3.8) is 0 Å². The van der Waals surface area contributed by atoms with Gasteiger partial charge in [0, 0.05) is 18.8 Å². The first-order valence-electron chi connectivity index (χ1n) is 7.42. The first-order chi connectivity index (χ1) is 11.9. The van der Waals surface area contributed by atoms with Crippen molar-refractivity contribution in [2.24, 2.45) is 7.05 Å². The Bertz CT molecular complexity index is 878. The summed E-state index contributed by atoms with van der Waals surface area (Å²) in [7, 11) is 1.78. The fraction of sp³-hybridized carbons (Fsp3) is 0.188. The number of hydrogen-bond donors (Lipinski definition) is 2. The summed E-state index contributed by atoms with van der Waals surface area (Å²) in [6, 6.07) is 3.04. The summed E-state index contributed by atoms with van der Waals surface area (Å²) in [5, 5.41) is 10.2. The zero-order valence-electron chi connectivity index (χ0n) is 13.5. The third kappa shape index (κ3) is 3.85. The summed E-state index contributed by atoms with van der Waals surface area (Å²) in [5.74, 6) is -0.739. The summed E-state index contributed by atoms with van der Waals surface area (Å²) in [4.78, 5) is 8.33. The Morgan fingerprint density at radius 3 is 2.56 bits per heavy atom. The monoisotopic (exact) mass is 364 g/mol. The van der Waals surface area contributed by atoms with Gasteiger partial charge >= 0.3 is 0 Å². The Balaban J connectivity index is 1.83. The van der Waals surface area contributed by atoms with Gasteiger partial charge in [0.05, 0.1) is 24.1 Å². The van der Waals surface area contributed by atoms with Crippen LogP contribution in [-0.4, -0.2) is 19.7 Å². The van der Waals surface area contributed by atoms with Gasteiger partial charge in [-0.05, 0) is 19.1 Å². The van der Waals surface area contributed by atoms with E-state index in [1.165, 1.54) is 24.4 Å². The molecular weight excluding hydrogens is 350 g/mol. The van der Waals surface area contributed by atoms with Crippen LogP contribution in [0.3, 0.4) is 0 Å². The average molecular weight is 365 g/mol. The van der Waals surface area contributed by atoms with Gasteiger partial charge in [0.15, 0.2) is 5.82 Å². The Morgan fingerprint density at radius 2 is 1.92 bits per heavy atom. The largest absolute Gasteiger partial charge is 0.362 e. The van der Waals surface area contributed by atoms with Crippen LogP contribution in [0.2, 0.25) is 5.02 Å². The SMILES string of the molecule is CC(Nc1nc(Nc2cnn(C)c2)ncc1Cl)c1c(F)cccc1F. The average Bonchev–Trinajstić information content (AvgIpc) is 2.95. The Labute approximate surface area is 147 Å². The van der Waals surface area contributed by atoms with E-state index >= 15 is 0 Å². The molecule has 2 heterocycles. The predicted octanol–water partition coefficient (Wildman–Crippen LogP) is 4.06. The van der Waals surface area contributed by atoms with E-state index in [2.05, 4.69) is 25.7 Å². The highest BCUT2D eigenvalue weighted by Gasteiger charge is 2.18. The van der Waals surface area contributed by atoms with E-state index in [9.17, 15) is 8.78 Å². The van der Waals surface area contributed by atoms with Crippen molar-refractivity contribution in [2.75, 3.05) is 10.6 Å². The molecule has 0 bridgehead atoms. The lowest BCUT2D eigenvalue weighted by Gasteiger charge is -2.17. The van der Waals surface area contributed by atoms with Gasteiger partial charge in [0.25, 0.3) is 0 Å². The zero-order valence-corrected chi connectivity index (χ0v) is 14.2. The first-order valence-corrected chi connectivity index (χ1v) is 7.80. The second-order valence-electron chi connectivity index (χ2n) is 5.42. The van der Waals surface area contributed by atoms with E-state index in [0.29, 0.717) is 5.69 Å². The Hall–Kier alpha value is -2.74. The second-order valence-corrected chi connectivity index (χ2v) is 5.83. The van der Waals surface area contributed by atoms with E-state index in [0.717, 1.165) is 0 Å². The van der Waals surface area contributed by atoms with Gasteiger partial charge in [-0.1, -0.05) is 17.7 Å². The smallest absolute Gasteiger partial charge is 0.229 e. The number of aryl methyl sites for hydroxylation is 1. The molecule has 0 radical (unpaired) electrons. The maximum Gasteiger partial charge on any atom is 0.229 e. The third-order valence-corrected chi connectivity index (χ3v) is 3.77. The maximum absolute atomic E-state index is 13.9. The molecule has 1 aromatic carbocycles. The van der Waals surface area contributed by atoms with Crippen molar-refractivity contribution < 1.29 is 8.78 Å². The van der Waals surface area contributed by atoms with Crippen LogP contribution in [0.5, 0.6) is 0 Å². The molecule has 25 heavy (non-hydrogen) atoms. The van der Waals surface area contributed by atoms with E-state index in [1.54, 1.807) is 31.0 Å². The summed E-state index contributed by atoms with van der Waals surface area (Å²) in [6.45, 7) is 1.62. The van der Waals surface area contributed by atoms with Gasteiger partial charge in [-0.3, -0.25) is 4.68 Å². The minimum atomic E-state index is -0.681. The van der Waals surface area contributed by atoms with Gasteiger partial charge in [0.2, 0.25) is 5.95 Å². The second kappa shape index (κ2) is 7.02. The number of hydrogen-bond acceptors (Lipinski definition) is 5. The lowest BCUT2D eigenvalue weighted by molar-refractivity contribution is 0.544. The van der Waals surface area contributed by atoms with Crippen molar-refractivity contribution in [3.05, 3.63) is 59.0 Å². The van der Waals surface area contributed by atoms with E-state index in [1.807, 2.05) is 0 Å². The maximum atomic E-state index is 13.9. The highest BCUT2D eigenvalue weighted by atomic mass is 35.5. The highest BCUT2D eigenvalue weighted by Crippen LogP contribution is 2.28. The van der Waals surface area contributed by atoms with Crippen molar-refractivity contribution in [3.8, 4) is 0 Å². The minimum absolute atomic E-state index is 0.0843. The fourth-order valence-electron chi connectivity index (χ4n) is 2.35. The molecule has 0 saturated carbocycles. The standard InChI is InChI=1S/C16H15ClF2N6/c1-9(14-12(18)4-3-5-13(14)19)22-15-11(17)7-20-16(24-15)23-10-6-21-25(2)8-10/h3-9H,1-2H3,(H2,20,22,23,24). The Kier molecular flexibility index (Phi) is 4.80. The lowest BCUT2D eigenvalue weighted by Crippen LogP contribution is -2.13. The molecule has 0 spiro atoms. The summed E-state index contributed by atoms with van der Waals surface area (Å²) in [6.07, 6.45) is 4.77. The van der Waals surface area contributed by atoms with E-state index in [4.69, 9.17) is 11.6 Å². The summed E-state index contributed by atoms with van der Waals surface area (Å²) in [5.41, 5.74) is 0.614. The van der Waals surface area contributed by atoms with E-state index in [-0.39, 0.29) is 22.4 Å². The molecule has 0 saturated heterocycles. The molecule has 2 aromatic heterocycles. The molecule has 6 nitrogen and oxygen atoms in total. The van der Waals surface area contributed by atoms with Crippen molar-refractivity contribution in [2.45, 2.75) is 13.0 Å². The number of benzene rings is 1. The molecule has 0 amide bonds. The van der Waals surface area contributed by atoms with Crippen molar-refractivity contribution in [1.82, 2.24) is 19.7 Å². The molecule has 0 aliphatic carbocycles. The van der Waals surface area contributed by atoms with Crippen LogP contribution >= 0.6 is 11.6 Å². The minimum Gasteiger partial charge on any atom is -0.362 e. The molecule has 3 aromatic rings. The van der Waals surface area contributed by atoms with Gasteiger partial charge in [0.1, 0.15) is 16.7 Å².